The van der Waals surface area contributed by atoms with Crippen molar-refractivity contribution >= 4 is 37.5 Å². The van der Waals surface area contributed by atoms with Crippen LogP contribution in [0.1, 0.15) is 5.56 Å². The Bertz CT molecular complexity index is 978. The van der Waals surface area contributed by atoms with Crippen LogP contribution in [0, 0.1) is 0 Å². The number of amides is 1. The molecule has 1 N–H and O–H groups in total. The molecule has 0 fully saturated rings. The van der Waals surface area contributed by atoms with E-state index in [2.05, 4.69) is 21.2 Å². The van der Waals surface area contributed by atoms with Gasteiger partial charge in [-0.1, -0.05) is 20.4 Å². The lowest BCUT2D eigenvalue weighted by Gasteiger charge is -2.20. The first kappa shape index (κ1) is 20.6. The topological polar surface area (TPSA) is 94.2 Å². The van der Waals surface area contributed by atoms with E-state index < -0.39 is 10.0 Å². The van der Waals surface area contributed by atoms with Crippen LogP contribution in [0.15, 0.2) is 45.8 Å². The molecule has 150 valence electrons. The molecular formula is C18H19BrN2O6S. The van der Waals surface area contributed by atoms with Crippen molar-refractivity contribution < 1.29 is 27.5 Å². The molecule has 1 aliphatic heterocycles. The number of anilines is 1. The average Bonchev–Trinajstić information content (AvgIpc) is 2.68. The van der Waals surface area contributed by atoms with Crippen molar-refractivity contribution in [3.05, 3.63) is 46.4 Å². The molecule has 0 bridgehead atoms. The molecule has 28 heavy (non-hydrogen) atoms. The van der Waals surface area contributed by atoms with Gasteiger partial charge in [0.25, 0.3) is 10.0 Å². The first-order chi connectivity index (χ1) is 13.3. The summed E-state index contributed by atoms with van der Waals surface area (Å²) in [7, 11) is -1.16. The van der Waals surface area contributed by atoms with Gasteiger partial charge in [-0.15, -0.1) is 0 Å². The van der Waals surface area contributed by atoms with Gasteiger partial charge >= 0.3 is 0 Å². The van der Waals surface area contributed by atoms with E-state index in [0.717, 1.165) is 14.5 Å². The summed E-state index contributed by atoms with van der Waals surface area (Å²) in [5.74, 6) is 0.996. The van der Waals surface area contributed by atoms with E-state index >= 15 is 0 Å². The summed E-state index contributed by atoms with van der Waals surface area (Å²) in [5, 5.41) is 2.75. The third kappa shape index (κ3) is 4.46. The number of hydrogen-bond donors (Lipinski definition) is 1. The maximum atomic E-state index is 12.4. The molecule has 3 rings (SSSR count). The van der Waals surface area contributed by atoms with Crippen molar-refractivity contribution in [1.29, 1.82) is 0 Å². The second-order valence-electron chi connectivity index (χ2n) is 5.93. The third-order valence-corrected chi connectivity index (χ3v) is 6.53. The molecular weight excluding hydrogens is 452 g/mol. The van der Waals surface area contributed by atoms with Gasteiger partial charge in [0.2, 0.25) is 5.91 Å². The average molecular weight is 471 g/mol. The van der Waals surface area contributed by atoms with Crippen molar-refractivity contribution in [2.75, 3.05) is 32.7 Å². The number of fused-ring (bicyclic) bond motifs is 1. The fourth-order valence-electron chi connectivity index (χ4n) is 2.58. The molecule has 2 aromatic rings. The van der Waals surface area contributed by atoms with Gasteiger partial charge in [-0.2, -0.15) is 0 Å². The zero-order valence-electron chi connectivity index (χ0n) is 15.3. The van der Waals surface area contributed by atoms with Gasteiger partial charge in [-0.3, -0.25) is 9.63 Å². The van der Waals surface area contributed by atoms with Crippen molar-refractivity contribution in [3.63, 3.8) is 0 Å². The molecule has 0 atom stereocenters. The van der Waals surface area contributed by atoms with Crippen molar-refractivity contribution in [2.45, 2.75) is 11.3 Å². The Hall–Kier alpha value is -2.14. The number of nitrogens with zero attached hydrogens (tertiary/aromatic N) is 1. The number of rotatable bonds is 6. The quantitative estimate of drug-likeness (QED) is 0.652. The predicted octanol–water partition coefficient (Wildman–Crippen LogP) is 2.58. The Balaban J connectivity index is 1.69. The normalized spacial score (nSPS) is 13.4. The van der Waals surface area contributed by atoms with Gasteiger partial charge in [0, 0.05) is 17.2 Å². The summed E-state index contributed by atoms with van der Waals surface area (Å²) < 4.78 is 36.9. The molecule has 0 spiro atoms. The lowest BCUT2D eigenvalue weighted by atomic mass is 10.1. The molecule has 2 aromatic carbocycles. The Labute approximate surface area is 171 Å². The number of sulfonamides is 1. The lowest BCUT2D eigenvalue weighted by molar-refractivity contribution is -0.115. The van der Waals surface area contributed by atoms with E-state index in [9.17, 15) is 13.2 Å². The predicted molar refractivity (Wildman–Crippen MR) is 106 cm³/mol. The zero-order chi connectivity index (χ0) is 20.3. The van der Waals surface area contributed by atoms with E-state index in [-0.39, 0.29) is 17.2 Å². The van der Waals surface area contributed by atoms with E-state index in [0.29, 0.717) is 30.4 Å². The minimum Gasteiger partial charge on any atom is -0.486 e. The number of ether oxygens (including phenoxy) is 2. The Morgan fingerprint density at radius 3 is 2.39 bits per heavy atom. The van der Waals surface area contributed by atoms with Crippen LogP contribution >= 0.6 is 15.9 Å². The summed E-state index contributed by atoms with van der Waals surface area (Å²) in [5.41, 5.74) is 1.24. The molecule has 0 aromatic heterocycles. The first-order valence-electron chi connectivity index (χ1n) is 8.32. The maximum absolute atomic E-state index is 12.4. The monoisotopic (exact) mass is 470 g/mol. The van der Waals surface area contributed by atoms with Crippen molar-refractivity contribution in [1.82, 2.24) is 4.47 Å². The number of hydroxylamine groups is 1. The van der Waals surface area contributed by atoms with Crippen molar-refractivity contribution in [3.8, 4) is 11.5 Å². The van der Waals surface area contributed by atoms with Gasteiger partial charge in [0.1, 0.15) is 13.2 Å². The van der Waals surface area contributed by atoms with Crippen molar-refractivity contribution in [2.24, 2.45) is 0 Å². The van der Waals surface area contributed by atoms with Gasteiger partial charge in [0.15, 0.2) is 11.5 Å². The van der Waals surface area contributed by atoms with E-state index in [4.69, 9.17) is 14.3 Å². The molecule has 0 saturated heterocycles. The van der Waals surface area contributed by atoms with Crippen LogP contribution in [0.2, 0.25) is 0 Å². The van der Waals surface area contributed by atoms with Gasteiger partial charge in [-0.25, -0.2) is 8.42 Å². The Kier molecular flexibility index (Phi) is 6.23. The Morgan fingerprint density at radius 1 is 1.18 bits per heavy atom. The number of carbonyl (C=O) groups is 1. The fourth-order valence-corrected chi connectivity index (χ4v) is 4.01. The summed E-state index contributed by atoms with van der Waals surface area (Å²) in [6.07, 6.45) is 0.115. The van der Waals surface area contributed by atoms with Crippen LogP contribution in [0.3, 0.4) is 0 Å². The van der Waals surface area contributed by atoms with Crippen LogP contribution in [0.25, 0.3) is 0 Å². The first-order valence-corrected chi connectivity index (χ1v) is 10.6. The Morgan fingerprint density at radius 2 is 1.79 bits per heavy atom. The SMILES string of the molecule is CON(C)S(=O)(=O)c1ccc(NC(=O)Cc2cc3c(cc2Br)OCCO3)cc1. The number of hydrogen-bond acceptors (Lipinski definition) is 6. The second kappa shape index (κ2) is 8.48. The molecule has 0 aliphatic carbocycles. The second-order valence-corrected chi connectivity index (χ2v) is 8.72. The third-order valence-electron chi connectivity index (χ3n) is 4.09. The maximum Gasteiger partial charge on any atom is 0.264 e. The minimum atomic E-state index is -3.73. The number of halogens is 1. The van der Waals surface area contributed by atoms with Gasteiger partial charge in [0.05, 0.1) is 18.4 Å². The molecule has 10 heteroatoms. The number of benzene rings is 2. The zero-order valence-corrected chi connectivity index (χ0v) is 17.7. The summed E-state index contributed by atoms with van der Waals surface area (Å²) >= 11 is 3.44. The molecule has 1 aliphatic rings. The molecule has 1 heterocycles. The highest BCUT2D eigenvalue weighted by molar-refractivity contribution is 9.10. The smallest absolute Gasteiger partial charge is 0.264 e. The number of carbonyl (C=O) groups excluding carboxylic acids is 1. The van der Waals surface area contributed by atoms with Crippen LogP contribution < -0.4 is 14.8 Å². The van der Waals surface area contributed by atoms with Gasteiger partial charge in [-0.05, 0) is 42.0 Å². The molecule has 0 radical (unpaired) electrons. The largest absolute Gasteiger partial charge is 0.486 e. The van der Waals surface area contributed by atoms with Gasteiger partial charge < -0.3 is 14.8 Å². The molecule has 0 saturated carbocycles. The standard InChI is InChI=1S/C18H19BrN2O6S/c1-21(25-2)28(23,24)14-5-3-13(4-6-14)20-18(22)10-12-9-16-17(11-15(12)19)27-8-7-26-16/h3-6,9,11H,7-8,10H2,1-2H3,(H,20,22). The van der Waals surface area contributed by atoms with Crippen LogP contribution in [0.5, 0.6) is 11.5 Å². The summed E-state index contributed by atoms with van der Waals surface area (Å²) in [6.45, 7) is 0.957. The lowest BCUT2D eigenvalue weighted by Crippen LogP contribution is -2.25. The summed E-state index contributed by atoms with van der Waals surface area (Å²) in [4.78, 5) is 17.2. The van der Waals surface area contributed by atoms with E-state index in [1.807, 2.05) is 0 Å². The molecule has 8 nitrogen and oxygen atoms in total. The van der Waals surface area contributed by atoms with Crippen LogP contribution in [0.4, 0.5) is 5.69 Å². The van der Waals surface area contributed by atoms with Crippen LogP contribution in [-0.2, 0) is 26.1 Å². The highest BCUT2D eigenvalue weighted by Gasteiger charge is 2.21. The number of nitrogens with one attached hydrogen (secondary N) is 1. The van der Waals surface area contributed by atoms with E-state index in [1.54, 1.807) is 12.1 Å². The van der Waals surface area contributed by atoms with E-state index in [1.165, 1.54) is 38.4 Å². The fraction of sp³-hybridized carbons (Fsp3) is 0.278. The molecule has 1 amide bonds. The highest BCUT2D eigenvalue weighted by atomic mass is 79.9. The minimum absolute atomic E-state index is 0.0597. The highest BCUT2D eigenvalue weighted by Crippen LogP contribution is 2.35. The molecule has 0 unspecified atom stereocenters. The van der Waals surface area contributed by atoms with Crippen LogP contribution in [-0.4, -0.2) is 46.2 Å². The summed E-state index contributed by atoms with van der Waals surface area (Å²) in [6, 6.07) is 9.40.